The largest absolute Gasteiger partial charge is 0.493 e. The van der Waals surface area contributed by atoms with Crippen LogP contribution in [0.25, 0.3) is 0 Å². The van der Waals surface area contributed by atoms with Gasteiger partial charge in [-0.05, 0) is 38.4 Å². The summed E-state index contributed by atoms with van der Waals surface area (Å²) in [4.78, 5) is 30.2. The molecule has 2 aromatic rings. The van der Waals surface area contributed by atoms with Crippen molar-refractivity contribution in [1.29, 1.82) is 5.26 Å². The Labute approximate surface area is 277 Å². The molecule has 5 heterocycles. The summed E-state index contributed by atoms with van der Waals surface area (Å²) in [7, 11) is 5.22. The zero-order valence-corrected chi connectivity index (χ0v) is 28.0. The van der Waals surface area contributed by atoms with Crippen LogP contribution in [-0.4, -0.2) is 93.1 Å². The lowest BCUT2D eigenvalue weighted by Gasteiger charge is -2.61. The summed E-state index contributed by atoms with van der Waals surface area (Å²) in [5.74, 6) is 1.76. The summed E-state index contributed by atoms with van der Waals surface area (Å²) in [6, 6.07) is 1.67. The third-order valence-corrected chi connectivity index (χ3v) is 11.4. The Morgan fingerprint density at radius 3 is 2.60 bits per heavy atom. The highest BCUT2D eigenvalue weighted by atomic mass is 32.2. The predicted octanol–water partition coefficient (Wildman–Crippen LogP) is 2.84. The Kier molecular flexibility index (Phi) is 8.16. The van der Waals surface area contributed by atoms with Gasteiger partial charge in [-0.3, -0.25) is 19.4 Å². The van der Waals surface area contributed by atoms with E-state index in [0.29, 0.717) is 46.3 Å². The molecule has 2 N–H and O–H groups in total. The highest BCUT2D eigenvalue weighted by Crippen LogP contribution is 2.64. The van der Waals surface area contributed by atoms with Crippen molar-refractivity contribution in [3.8, 4) is 34.8 Å². The molecule has 13 nitrogen and oxygen atoms in total. The van der Waals surface area contributed by atoms with Gasteiger partial charge < -0.3 is 38.9 Å². The zero-order chi connectivity index (χ0) is 33.3. The fourth-order valence-corrected chi connectivity index (χ4v) is 9.66. The average Bonchev–Trinajstić information content (AvgIpc) is 3.53. The number of carbonyl (C=O) groups is 2. The van der Waals surface area contributed by atoms with Crippen molar-refractivity contribution in [3.05, 3.63) is 39.4 Å². The highest BCUT2D eigenvalue weighted by molar-refractivity contribution is 7.99. The molecular weight excluding hydrogens is 628 g/mol. The molecule has 0 spiro atoms. The second-order valence-electron chi connectivity index (χ2n) is 12.5. The lowest BCUT2D eigenvalue weighted by Crippen LogP contribution is -2.69. The van der Waals surface area contributed by atoms with Gasteiger partial charge in [0.25, 0.3) is 0 Å². The quantitative estimate of drug-likeness (QED) is 0.282. The molecule has 14 heteroatoms. The molecule has 47 heavy (non-hydrogen) atoms. The zero-order valence-electron chi connectivity index (χ0n) is 27.2. The van der Waals surface area contributed by atoms with Crippen LogP contribution in [0.1, 0.15) is 57.6 Å². The van der Waals surface area contributed by atoms with Crippen molar-refractivity contribution in [2.24, 2.45) is 5.73 Å². The molecule has 0 aliphatic carbocycles. The minimum absolute atomic E-state index is 0.00896. The number of esters is 2. The Balaban J connectivity index is 1.56. The second-order valence-corrected chi connectivity index (χ2v) is 13.7. The number of fused-ring (bicyclic) bond motifs is 9. The standard InChI is InChI=1S/C33H38N4O9S/c1-14-7-17-8-19-20(9-34)37-21-10-42-33(39)18(35)11-47-32(24-23(21)31-29(44-13-45-31)15(2)28(24)46-16(3)38)26(37)25(36(19)4)22(17)30(27(14)41-6)43-12-40-5/h7,18-21,25-26,32H,8,10-13,35H2,1-6H3/t18-,19+,20-,21+,25+,26?,32+/m0/s1. The van der Waals surface area contributed by atoms with Crippen LogP contribution >= 0.6 is 11.8 Å². The number of nitriles is 1. The number of cyclic esters (lactones) is 1. The number of carbonyl (C=O) groups excluding carboxylic acids is 2. The molecule has 4 bridgehead atoms. The molecule has 0 aromatic heterocycles. The van der Waals surface area contributed by atoms with Crippen LogP contribution < -0.4 is 29.4 Å². The lowest BCUT2D eigenvalue weighted by atomic mass is 9.71. The van der Waals surface area contributed by atoms with E-state index in [9.17, 15) is 14.9 Å². The van der Waals surface area contributed by atoms with Gasteiger partial charge in [-0.15, -0.1) is 11.8 Å². The van der Waals surface area contributed by atoms with Gasteiger partial charge in [0.2, 0.25) is 6.79 Å². The number of aryl methyl sites for hydroxylation is 1. The first-order valence-electron chi connectivity index (χ1n) is 15.5. The van der Waals surface area contributed by atoms with Crippen LogP contribution in [0.5, 0.6) is 28.7 Å². The van der Waals surface area contributed by atoms with Crippen LogP contribution in [-0.2, 0) is 25.5 Å². The first-order valence-corrected chi connectivity index (χ1v) is 16.6. The molecule has 250 valence electrons. The van der Waals surface area contributed by atoms with Crippen LogP contribution in [0, 0.1) is 25.2 Å². The number of nitrogens with zero attached hydrogens (tertiary/aromatic N) is 3. The lowest BCUT2D eigenvalue weighted by molar-refractivity contribution is -0.150. The van der Waals surface area contributed by atoms with E-state index in [0.717, 1.165) is 22.3 Å². The summed E-state index contributed by atoms with van der Waals surface area (Å²) < 4.78 is 41.6. The molecule has 7 atom stereocenters. The van der Waals surface area contributed by atoms with Crippen LogP contribution in [0.4, 0.5) is 0 Å². The number of rotatable bonds is 5. The normalized spacial score (nSPS) is 29.1. The van der Waals surface area contributed by atoms with E-state index in [1.165, 1.54) is 18.7 Å². The van der Waals surface area contributed by atoms with E-state index in [-0.39, 0.29) is 38.0 Å². The Morgan fingerprint density at radius 2 is 1.89 bits per heavy atom. The molecule has 2 aromatic carbocycles. The number of methoxy groups -OCH3 is 2. The molecule has 1 unspecified atom stereocenters. The summed E-state index contributed by atoms with van der Waals surface area (Å²) in [5, 5.41) is 10.5. The summed E-state index contributed by atoms with van der Waals surface area (Å²) in [6.07, 6.45) is 0.574. The minimum atomic E-state index is -0.883. The number of benzene rings is 2. The van der Waals surface area contributed by atoms with Crippen molar-refractivity contribution >= 4 is 23.7 Å². The fraction of sp³-hybridized carbons (Fsp3) is 0.545. The molecule has 2 fully saturated rings. The molecule has 0 radical (unpaired) electrons. The number of hydrogen-bond donors (Lipinski definition) is 1. The Hall–Kier alpha value is -3.74. The smallest absolute Gasteiger partial charge is 0.323 e. The SMILES string of the molecule is COCOc1c(OC)c(C)cc2c1[C@@H]1C3[C@@H]4SC[C@H](N)C(=O)OC[C@H](c5c6c(c(C)c(OC(C)=O)c54)OCO6)N3[C@@H](C#N)[C@@H](C2)N1C. The summed E-state index contributed by atoms with van der Waals surface area (Å²) in [6.45, 7) is 5.08. The van der Waals surface area contributed by atoms with Crippen molar-refractivity contribution in [2.75, 3.05) is 47.2 Å². The third kappa shape index (κ3) is 4.74. The second kappa shape index (κ2) is 12.1. The van der Waals surface area contributed by atoms with Gasteiger partial charge in [-0.1, -0.05) is 6.07 Å². The van der Waals surface area contributed by atoms with Gasteiger partial charge >= 0.3 is 11.9 Å². The van der Waals surface area contributed by atoms with Crippen LogP contribution in [0.2, 0.25) is 0 Å². The molecule has 2 saturated heterocycles. The summed E-state index contributed by atoms with van der Waals surface area (Å²) in [5.41, 5.74) is 11.3. The van der Waals surface area contributed by atoms with Gasteiger partial charge in [0, 0.05) is 54.1 Å². The molecule has 5 aliphatic heterocycles. The maximum absolute atomic E-state index is 13.1. The minimum Gasteiger partial charge on any atom is -0.493 e. The predicted molar refractivity (Wildman–Crippen MR) is 169 cm³/mol. The van der Waals surface area contributed by atoms with Gasteiger partial charge in [0.15, 0.2) is 29.8 Å². The molecule has 0 amide bonds. The number of ether oxygens (including phenoxy) is 7. The number of nitrogens with two attached hydrogens (primary N) is 1. The number of hydrogen-bond acceptors (Lipinski definition) is 14. The third-order valence-electron chi connectivity index (χ3n) is 9.99. The maximum Gasteiger partial charge on any atom is 0.323 e. The van der Waals surface area contributed by atoms with Gasteiger partial charge in [0.05, 0.1) is 30.5 Å². The van der Waals surface area contributed by atoms with Crippen molar-refractivity contribution in [1.82, 2.24) is 9.80 Å². The van der Waals surface area contributed by atoms with Gasteiger partial charge in [-0.2, -0.15) is 5.26 Å². The first kappa shape index (κ1) is 31.8. The first-order chi connectivity index (χ1) is 22.6. The molecule has 7 rings (SSSR count). The van der Waals surface area contributed by atoms with Crippen LogP contribution in [0.15, 0.2) is 6.07 Å². The monoisotopic (exact) mass is 666 g/mol. The Morgan fingerprint density at radius 1 is 1.13 bits per heavy atom. The van der Waals surface area contributed by atoms with Gasteiger partial charge in [0.1, 0.15) is 24.4 Å². The fourth-order valence-electron chi connectivity index (χ4n) is 8.22. The van der Waals surface area contributed by atoms with Gasteiger partial charge in [-0.25, -0.2) is 0 Å². The van der Waals surface area contributed by atoms with Crippen molar-refractivity contribution < 1.29 is 42.7 Å². The number of likely N-dealkylation sites (N-methyl/N-ethyl adjacent to an activating group) is 1. The van der Waals surface area contributed by atoms with Crippen LogP contribution in [0.3, 0.4) is 0 Å². The number of piperazine rings is 1. The van der Waals surface area contributed by atoms with E-state index in [1.54, 1.807) is 14.2 Å². The maximum atomic E-state index is 13.1. The van der Waals surface area contributed by atoms with Crippen molar-refractivity contribution in [2.45, 2.75) is 68.7 Å². The van der Waals surface area contributed by atoms with E-state index in [1.807, 2.05) is 20.9 Å². The average molecular weight is 667 g/mol. The molecule has 5 aliphatic rings. The highest BCUT2D eigenvalue weighted by Gasteiger charge is 2.60. The van der Waals surface area contributed by atoms with E-state index >= 15 is 0 Å². The number of thioether (sulfide) groups is 1. The van der Waals surface area contributed by atoms with Crippen molar-refractivity contribution in [3.63, 3.8) is 0 Å². The Bertz CT molecular complexity index is 1700. The topological polar surface area (TPSA) is 155 Å². The molecular formula is C33H38N4O9S. The van der Waals surface area contributed by atoms with E-state index in [2.05, 4.69) is 21.9 Å². The van der Waals surface area contributed by atoms with E-state index < -0.39 is 41.4 Å². The molecule has 0 saturated carbocycles. The van der Waals surface area contributed by atoms with E-state index in [4.69, 9.17) is 38.9 Å². The summed E-state index contributed by atoms with van der Waals surface area (Å²) >= 11 is 1.48.